The van der Waals surface area contributed by atoms with Gasteiger partial charge in [0.25, 0.3) is 0 Å². The molecule has 0 N–H and O–H groups in total. The van der Waals surface area contributed by atoms with E-state index < -0.39 is 0 Å². The summed E-state index contributed by atoms with van der Waals surface area (Å²) in [5.41, 5.74) is 29.3. The van der Waals surface area contributed by atoms with E-state index in [1.807, 2.05) is 0 Å². The molecule has 0 saturated heterocycles. The molecule has 108 heavy (non-hydrogen) atoms. The van der Waals surface area contributed by atoms with Gasteiger partial charge < -0.3 is 9.13 Å². The summed E-state index contributed by atoms with van der Waals surface area (Å²) in [5, 5.41) is 15.2. The Labute approximate surface area is 627 Å². The first-order chi connectivity index (χ1) is 53.6. The van der Waals surface area contributed by atoms with Crippen LogP contribution in [0.5, 0.6) is 0 Å². The van der Waals surface area contributed by atoms with Crippen LogP contribution in [-0.2, 0) is 0 Å². The van der Waals surface area contributed by atoms with Gasteiger partial charge in [-0.15, -0.1) is 0 Å². The van der Waals surface area contributed by atoms with Gasteiger partial charge in [0.1, 0.15) is 0 Å². The lowest BCUT2D eigenvalue weighted by Gasteiger charge is -2.18. The van der Waals surface area contributed by atoms with Crippen molar-refractivity contribution in [1.29, 1.82) is 0 Å². The average molecular weight is 1370 g/mol. The summed E-state index contributed by atoms with van der Waals surface area (Å²) < 4.78 is 4.83. The van der Waals surface area contributed by atoms with Gasteiger partial charge in [0.05, 0.1) is 22.1 Å². The van der Waals surface area contributed by atoms with Crippen molar-refractivity contribution < 1.29 is 0 Å². The molecule has 0 amide bonds. The van der Waals surface area contributed by atoms with E-state index in [0.717, 1.165) is 11.4 Å². The third kappa shape index (κ3) is 11.2. The van der Waals surface area contributed by atoms with Gasteiger partial charge in [-0.05, 0) is 204 Å². The standard InChI is InChI=1S/C56H37N.C50H33N/c1-3-13-38(14-4-1)39-23-25-42(26-24-39)45-33-36-54-52(37-45)47-17-11-12-22-53(47)57(54)46-34-31-41(32-35-46)40-27-29-44(30-28-40)56-50-20-9-7-18-48(50)55(43-15-5-2-6-16-43)49-19-8-10-21-51(49)56;1-3-14-34(15-4-1)35-26-28-36(29-27-35)38-30-31-48-46(33-38)41-20-11-12-25-47(41)51(48)40-19-13-18-39(32-40)50-44-23-9-7-21-42(44)49(37-16-5-2-6-17-37)43-22-8-10-24-45(43)50/h1-37H;1-33H. The molecule has 21 rings (SSSR count). The van der Waals surface area contributed by atoms with E-state index in [1.54, 1.807) is 0 Å². The number of hydrogen-bond donors (Lipinski definition) is 0. The molecule has 21 aromatic rings. The van der Waals surface area contributed by atoms with Gasteiger partial charge in [-0.25, -0.2) is 0 Å². The van der Waals surface area contributed by atoms with Crippen LogP contribution < -0.4 is 0 Å². The van der Waals surface area contributed by atoms with Crippen LogP contribution >= 0.6 is 0 Å². The maximum absolute atomic E-state index is 2.43. The predicted molar refractivity (Wildman–Crippen MR) is 461 cm³/mol. The SMILES string of the molecule is c1ccc(-c2ccc(-c3ccc4c(c3)c3ccccc3n4-c3ccc(-c4ccc(-c5c6ccccc6c(-c6ccccc6)c6ccccc56)cc4)cc3)cc2)cc1.c1ccc(-c2ccc(-c3ccc4c(c3)c3ccccc3n4-c3cccc(-c4c5ccccc5c(-c5ccccc5)c5ccccc45)c3)cc2)cc1. The number of nitrogens with zero attached hydrogens (tertiary/aromatic N) is 2. The van der Waals surface area contributed by atoms with E-state index in [9.17, 15) is 0 Å². The molecule has 504 valence electrons. The smallest absolute Gasteiger partial charge is 0.0541 e. The third-order valence-electron chi connectivity index (χ3n) is 22.0. The number of benzene rings is 19. The van der Waals surface area contributed by atoms with Crippen LogP contribution in [0.2, 0.25) is 0 Å². The molecule has 19 aromatic carbocycles. The lowest BCUT2D eigenvalue weighted by molar-refractivity contribution is 1.18. The molecule has 0 aliphatic carbocycles. The highest BCUT2D eigenvalue weighted by Crippen LogP contribution is 2.47. The number of aromatic nitrogens is 2. The predicted octanol–water partition coefficient (Wildman–Crippen LogP) is 29.2. The fourth-order valence-corrected chi connectivity index (χ4v) is 17.0. The maximum atomic E-state index is 2.43. The topological polar surface area (TPSA) is 9.86 Å². The molecule has 0 bridgehead atoms. The Morgan fingerprint density at radius 2 is 0.333 bits per heavy atom. The monoisotopic (exact) mass is 1370 g/mol. The summed E-state index contributed by atoms with van der Waals surface area (Å²) in [4.78, 5) is 0. The second-order valence-corrected chi connectivity index (χ2v) is 28.1. The molecular formula is C106H70N2. The van der Waals surface area contributed by atoms with Crippen LogP contribution in [-0.4, -0.2) is 9.13 Å². The zero-order valence-electron chi connectivity index (χ0n) is 59.3. The lowest BCUT2D eigenvalue weighted by Crippen LogP contribution is -1.95. The van der Waals surface area contributed by atoms with Gasteiger partial charge in [0.15, 0.2) is 0 Å². The van der Waals surface area contributed by atoms with Gasteiger partial charge in [-0.1, -0.05) is 364 Å². The molecule has 0 aliphatic rings. The lowest BCUT2D eigenvalue weighted by atomic mass is 9.86. The Morgan fingerprint density at radius 1 is 0.111 bits per heavy atom. The van der Waals surface area contributed by atoms with E-state index in [-0.39, 0.29) is 0 Å². The average Bonchev–Trinajstić information content (AvgIpc) is 0.874. The molecule has 0 saturated carbocycles. The Bertz CT molecular complexity index is 6840. The summed E-state index contributed by atoms with van der Waals surface area (Å²) >= 11 is 0. The molecule has 2 heteroatoms. The van der Waals surface area contributed by atoms with E-state index in [2.05, 4.69) is 434 Å². The van der Waals surface area contributed by atoms with Gasteiger partial charge >= 0.3 is 0 Å². The van der Waals surface area contributed by atoms with Crippen molar-refractivity contribution in [3.05, 3.63) is 425 Å². The summed E-state index contributed by atoms with van der Waals surface area (Å²) in [7, 11) is 0. The molecule has 0 spiro atoms. The molecule has 2 aromatic heterocycles. The van der Waals surface area contributed by atoms with E-state index in [4.69, 9.17) is 0 Å². The molecule has 2 heterocycles. The molecule has 0 aliphatic heterocycles. The highest BCUT2D eigenvalue weighted by Gasteiger charge is 2.22. The second-order valence-electron chi connectivity index (χ2n) is 28.1. The van der Waals surface area contributed by atoms with Crippen molar-refractivity contribution in [2.45, 2.75) is 0 Å². The molecule has 0 fully saturated rings. The molecule has 0 radical (unpaired) electrons. The van der Waals surface area contributed by atoms with Gasteiger partial charge in [-0.2, -0.15) is 0 Å². The number of fused-ring (bicyclic) bond motifs is 10. The van der Waals surface area contributed by atoms with E-state index >= 15 is 0 Å². The summed E-state index contributed by atoms with van der Waals surface area (Å²) in [6.45, 7) is 0. The fourth-order valence-electron chi connectivity index (χ4n) is 17.0. The van der Waals surface area contributed by atoms with Crippen LogP contribution in [0.1, 0.15) is 0 Å². The molecule has 0 unspecified atom stereocenters. The van der Waals surface area contributed by atoms with Crippen molar-refractivity contribution in [3.63, 3.8) is 0 Å². The van der Waals surface area contributed by atoms with Crippen LogP contribution in [0.3, 0.4) is 0 Å². The van der Waals surface area contributed by atoms with E-state index in [0.29, 0.717) is 0 Å². The van der Waals surface area contributed by atoms with Crippen molar-refractivity contribution in [2.75, 3.05) is 0 Å². The minimum Gasteiger partial charge on any atom is -0.309 e. The highest BCUT2D eigenvalue weighted by molar-refractivity contribution is 6.23. The Hall–Kier alpha value is -14.2. The Balaban J connectivity index is 0.000000143. The first-order valence-electron chi connectivity index (χ1n) is 37.3. The molecule has 2 nitrogen and oxygen atoms in total. The number of hydrogen-bond acceptors (Lipinski definition) is 0. The van der Waals surface area contributed by atoms with Crippen molar-refractivity contribution in [3.8, 4) is 112 Å². The highest BCUT2D eigenvalue weighted by atomic mass is 15.0. The summed E-state index contributed by atoms with van der Waals surface area (Å²) in [5.74, 6) is 0. The Morgan fingerprint density at radius 3 is 0.685 bits per heavy atom. The second kappa shape index (κ2) is 27.1. The molecular weight excluding hydrogens is 1300 g/mol. The van der Waals surface area contributed by atoms with E-state index in [1.165, 1.54) is 187 Å². The Kier molecular flexibility index (Phi) is 16.0. The minimum atomic E-state index is 1.15. The summed E-state index contributed by atoms with van der Waals surface area (Å²) in [6.07, 6.45) is 0. The quantitative estimate of drug-likeness (QED) is 0.114. The van der Waals surface area contributed by atoms with Crippen LogP contribution in [0.25, 0.3) is 198 Å². The van der Waals surface area contributed by atoms with Crippen molar-refractivity contribution in [1.82, 2.24) is 9.13 Å². The first kappa shape index (κ1) is 63.5. The van der Waals surface area contributed by atoms with Crippen LogP contribution in [0.4, 0.5) is 0 Å². The number of para-hydroxylation sites is 2. The van der Waals surface area contributed by atoms with Gasteiger partial charge in [-0.3, -0.25) is 0 Å². The van der Waals surface area contributed by atoms with Crippen molar-refractivity contribution in [2.24, 2.45) is 0 Å². The normalized spacial score (nSPS) is 11.5. The largest absolute Gasteiger partial charge is 0.309 e. The summed E-state index contributed by atoms with van der Waals surface area (Å²) in [6, 6.07) is 155. The molecule has 0 atom stereocenters. The zero-order chi connectivity index (χ0) is 71.4. The first-order valence-corrected chi connectivity index (χ1v) is 37.3. The minimum absolute atomic E-state index is 1.15. The maximum Gasteiger partial charge on any atom is 0.0541 e. The number of rotatable bonds is 11. The van der Waals surface area contributed by atoms with Crippen LogP contribution in [0.15, 0.2) is 425 Å². The third-order valence-corrected chi connectivity index (χ3v) is 22.0. The van der Waals surface area contributed by atoms with Crippen LogP contribution in [0, 0.1) is 0 Å². The van der Waals surface area contributed by atoms with Gasteiger partial charge in [0.2, 0.25) is 0 Å². The fraction of sp³-hybridized carbons (Fsp3) is 0. The van der Waals surface area contributed by atoms with Crippen molar-refractivity contribution >= 4 is 86.7 Å². The zero-order valence-corrected chi connectivity index (χ0v) is 59.3. The van der Waals surface area contributed by atoms with Gasteiger partial charge in [0, 0.05) is 32.9 Å².